The van der Waals surface area contributed by atoms with Gasteiger partial charge in [-0.15, -0.1) is 0 Å². The van der Waals surface area contributed by atoms with Gasteiger partial charge in [-0.25, -0.2) is 4.98 Å². The maximum Gasteiger partial charge on any atom is 0.142 e. The van der Waals surface area contributed by atoms with Crippen LogP contribution in [-0.4, -0.2) is 11.6 Å². The molecule has 3 rings (SSSR count). The fourth-order valence-electron chi connectivity index (χ4n) is 2.90. The lowest BCUT2D eigenvalue weighted by Crippen LogP contribution is -2.00. The summed E-state index contributed by atoms with van der Waals surface area (Å²) in [6, 6.07) is 14.4. The third kappa shape index (κ3) is 3.14. The van der Waals surface area contributed by atoms with Crippen LogP contribution in [0.25, 0.3) is 10.9 Å². The number of hydrogen-bond donors (Lipinski definition) is 1. The van der Waals surface area contributed by atoms with Gasteiger partial charge in [-0.1, -0.05) is 23.8 Å². The number of aryl methyl sites for hydroxylation is 3. The minimum absolute atomic E-state index is 0.640. The van der Waals surface area contributed by atoms with Crippen LogP contribution < -0.4 is 10.1 Å². The molecule has 0 aliphatic heterocycles. The molecule has 3 heteroatoms. The van der Waals surface area contributed by atoms with Crippen LogP contribution in [-0.2, 0) is 0 Å². The first-order valence-corrected chi connectivity index (χ1v) is 7.96. The molecule has 3 aromatic rings. The lowest BCUT2D eigenvalue weighted by Gasteiger charge is -2.14. The van der Waals surface area contributed by atoms with Gasteiger partial charge < -0.3 is 10.1 Å². The number of ether oxygens (including phenoxy) is 1. The molecule has 118 valence electrons. The van der Waals surface area contributed by atoms with Gasteiger partial charge >= 0.3 is 0 Å². The molecule has 3 nitrogen and oxygen atoms in total. The highest BCUT2D eigenvalue weighted by atomic mass is 16.5. The van der Waals surface area contributed by atoms with E-state index in [1.165, 1.54) is 22.1 Å². The Morgan fingerprint density at radius 1 is 1.00 bits per heavy atom. The van der Waals surface area contributed by atoms with Crippen molar-refractivity contribution in [2.24, 2.45) is 0 Å². The summed E-state index contributed by atoms with van der Waals surface area (Å²) in [6.45, 7) is 8.99. The van der Waals surface area contributed by atoms with Crippen LogP contribution in [0.5, 0.6) is 5.75 Å². The molecule has 0 bridgehead atoms. The van der Waals surface area contributed by atoms with Crippen molar-refractivity contribution in [3.8, 4) is 5.75 Å². The second kappa shape index (κ2) is 6.29. The van der Waals surface area contributed by atoms with Crippen LogP contribution in [0.2, 0.25) is 0 Å². The smallest absolute Gasteiger partial charge is 0.142 e. The third-order valence-electron chi connectivity index (χ3n) is 3.90. The van der Waals surface area contributed by atoms with E-state index in [1.807, 2.05) is 31.2 Å². The van der Waals surface area contributed by atoms with E-state index in [0.29, 0.717) is 6.61 Å². The molecule has 1 N–H and O–H groups in total. The average molecular weight is 306 g/mol. The summed E-state index contributed by atoms with van der Waals surface area (Å²) in [5.41, 5.74) is 5.67. The van der Waals surface area contributed by atoms with Crippen molar-refractivity contribution in [3.05, 3.63) is 59.2 Å². The van der Waals surface area contributed by atoms with Gasteiger partial charge in [-0.2, -0.15) is 0 Å². The Balaban J connectivity index is 2.05. The lowest BCUT2D eigenvalue weighted by atomic mass is 10.0. The summed E-state index contributed by atoms with van der Waals surface area (Å²) in [5.74, 6) is 1.68. The molecule has 0 unspecified atom stereocenters. The number of aromatic nitrogens is 1. The largest absolute Gasteiger partial charge is 0.492 e. The van der Waals surface area contributed by atoms with Gasteiger partial charge in [0.05, 0.1) is 17.8 Å². The first-order chi connectivity index (χ1) is 11.1. The maximum atomic E-state index is 5.68. The zero-order valence-corrected chi connectivity index (χ0v) is 14.1. The molecule has 1 heterocycles. The Bertz CT molecular complexity index is 856. The van der Waals surface area contributed by atoms with E-state index in [1.54, 1.807) is 0 Å². The minimum atomic E-state index is 0.640. The molecule has 0 saturated heterocycles. The molecular formula is C20H22N2O. The van der Waals surface area contributed by atoms with Crippen LogP contribution in [0, 0.1) is 20.8 Å². The molecule has 23 heavy (non-hydrogen) atoms. The standard InChI is InChI=1S/C20H22N2O/c1-5-23-18-9-7-6-8-17(18)21-19-12-14(3)16-11-13(2)10-15(4)20(16)22-19/h6-12H,5H2,1-4H3,(H,21,22). The summed E-state index contributed by atoms with van der Waals surface area (Å²) in [7, 11) is 0. The Labute approximate surface area is 137 Å². The summed E-state index contributed by atoms with van der Waals surface area (Å²) in [4.78, 5) is 4.81. The molecular weight excluding hydrogens is 284 g/mol. The first-order valence-electron chi connectivity index (χ1n) is 7.96. The Kier molecular flexibility index (Phi) is 4.20. The van der Waals surface area contributed by atoms with Crippen molar-refractivity contribution in [1.82, 2.24) is 4.98 Å². The molecule has 0 fully saturated rings. The van der Waals surface area contributed by atoms with Crippen LogP contribution in [0.4, 0.5) is 11.5 Å². The van der Waals surface area contributed by atoms with E-state index in [9.17, 15) is 0 Å². The molecule has 0 spiro atoms. The van der Waals surface area contributed by atoms with Crippen molar-refractivity contribution in [2.75, 3.05) is 11.9 Å². The number of para-hydroxylation sites is 2. The SMILES string of the molecule is CCOc1ccccc1Nc1cc(C)c2cc(C)cc(C)c2n1. The van der Waals surface area contributed by atoms with Crippen LogP contribution in [0.15, 0.2) is 42.5 Å². The van der Waals surface area contributed by atoms with E-state index in [4.69, 9.17) is 9.72 Å². The number of pyridine rings is 1. The van der Waals surface area contributed by atoms with Gasteiger partial charge in [0, 0.05) is 5.39 Å². The molecule has 2 aromatic carbocycles. The number of hydrogen-bond acceptors (Lipinski definition) is 3. The summed E-state index contributed by atoms with van der Waals surface area (Å²) < 4.78 is 5.68. The number of nitrogens with one attached hydrogen (secondary N) is 1. The average Bonchev–Trinajstić information content (AvgIpc) is 2.51. The Morgan fingerprint density at radius 2 is 1.78 bits per heavy atom. The second-order valence-electron chi connectivity index (χ2n) is 5.86. The highest BCUT2D eigenvalue weighted by Crippen LogP contribution is 2.30. The van der Waals surface area contributed by atoms with E-state index in [0.717, 1.165) is 22.8 Å². The fraction of sp³-hybridized carbons (Fsp3) is 0.250. The molecule has 0 saturated carbocycles. The number of anilines is 2. The van der Waals surface area contributed by atoms with Crippen LogP contribution >= 0.6 is 0 Å². The van der Waals surface area contributed by atoms with E-state index < -0.39 is 0 Å². The molecule has 0 atom stereocenters. The van der Waals surface area contributed by atoms with Crippen molar-refractivity contribution in [2.45, 2.75) is 27.7 Å². The van der Waals surface area contributed by atoms with Crippen molar-refractivity contribution >= 4 is 22.4 Å². The zero-order valence-electron chi connectivity index (χ0n) is 14.1. The van der Waals surface area contributed by atoms with E-state index in [-0.39, 0.29) is 0 Å². The minimum Gasteiger partial charge on any atom is -0.492 e. The van der Waals surface area contributed by atoms with Gasteiger partial charge in [0.15, 0.2) is 0 Å². The van der Waals surface area contributed by atoms with Crippen LogP contribution in [0.1, 0.15) is 23.6 Å². The Morgan fingerprint density at radius 3 is 2.57 bits per heavy atom. The molecule has 0 aliphatic rings. The van der Waals surface area contributed by atoms with Crippen molar-refractivity contribution in [3.63, 3.8) is 0 Å². The summed E-state index contributed by atoms with van der Waals surface area (Å²) in [5, 5.41) is 4.61. The Hall–Kier alpha value is -2.55. The van der Waals surface area contributed by atoms with E-state index >= 15 is 0 Å². The predicted molar refractivity (Wildman–Crippen MR) is 96.8 cm³/mol. The number of rotatable bonds is 4. The van der Waals surface area contributed by atoms with Crippen molar-refractivity contribution < 1.29 is 4.74 Å². The molecule has 1 aromatic heterocycles. The third-order valence-corrected chi connectivity index (χ3v) is 3.90. The van der Waals surface area contributed by atoms with Crippen LogP contribution in [0.3, 0.4) is 0 Å². The highest BCUT2D eigenvalue weighted by Gasteiger charge is 2.08. The first kappa shape index (κ1) is 15.3. The topological polar surface area (TPSA) is 34.1 Å². The number of nitrogens with zero attached hydrogens (tertiary/aromatic N) is 1. The maximum absolute atomic E-state index is 5.68. The van der Waals surface area contributed by atoms with Gasteiger partial charge in [0.2, 0.25) is 0 Å². The normalized spacial score (nSPS) is 10.8. The molecule has 0 aliphatic carbocycles. The number of fused-ring (bicyclic) bond motifs is 1. The lowest BCUT2D eigenvalue weighted by molar-refractivity contribution is 0.342. The quantitative estimate of drug-likeness (QED) is 0.710. The highest BCUT2D eigenvalue weighted by molar-refractivity contribution is 5.87. The molecule has 0 radical (unpaired) electrons. The zero-order chi connectivity index (χ0) is 16.4. The molecule has 0 amide bonds. The van der Waals surface area contributed by atoms with E-state index in [2.05, 4.69) is 44.3 Å². The summed E-state index contributed by atoms with van der Waals surface area (Å²) >= 11 is 0. The van der Waals surface area contributed by atoms with Gasteiger partial charge in [0.25, 0.3) is 0 Å². The second-order valence-corrected chi connectivity index (χ2v) is 5.86. The number of benzene rings is 2. The van der Waals surface area contributed by atoms with Gasteiger partial charge in [-0.05, 0) is 63.1 Å². The predicted octanol–water partition coefficient (Wildman–Crippen LogP) is 5.30. The summed E-state index contributed by atoms with van der Waals surface area (Å²) in [6.07, 6.45) is 0. The van der Waals surface area contributed by atoms with Gasteiger partial charge in [0.1, 0.15) is 11.6 Å². The monoisotopic (exact) mass is 306 g/mol. The fourth-order valence-corrected chi connectivity index (χ4v) is 2.90. The van der Waals surface area contributed by atoms with Crippen molar-refractivity contribution in [1.29, 1.82) is 0 Å². The van der Waals surface area contributed by atoms with Gasteiger partial charge in [-0.3, -0.25) is 0 Å².